The molecule has 0 saturated carbocycles. The van der Waals surface area contributed by atoms with Gasteiger partial charge in [-0.3, -0.25) is 5.21 Å². The molecule has 7 nitrogen and oxygen atoms in total. The van der Waals surface area contributed by atoms with Crippen LogP contribution in [0.5, 0.6) is 0 Å². The average molecular weight is 394 g/mol. The molecule has 1 unspecified atom stereocenters. The Kier molecular flexibility index (Phi) is 4.50. The van der Waals surface area contributed by atoms with Gasteiger partial charge in [0.1, 0.15) is 0 Å². The first-order valence-electron chi connectivity index (χ1n) is 8.38. The second-order valence-electron chi connectivity index (χ2n) is 6.44. The van der Waals surface area contributed by atoms with Crippen LogP contribution in [0.25, 0.3) is 18.0 Å². The van der Waals surface area contributed by atoms with Crippen LogP contribution in [0.2, 0.25) is 0 Å². The van der Waals surface area contributed by atoms with Crippen LogP contribution in [0, 0.1) is 0 Å². The van der Waals surface area contributed by atoms with E-state index >= 15 is 0 Å². The lowest BCUT2D eigenvalue weighted by Crippen LogP contribution is -2.21. The number of hydrogen-bond donors (Lipinski definition) is 2. The molecule has 2 N–H and O–H groups in total. The average Bonchev–Trinajstić information content (AvgIpc) is 3.08. The molecule has 0 aliphatic carbocycles. The van der Waals surface area contributed by atoms with Crippen molar-refractivity contribution in [3.05, 3.63) is 64.7 Å². The van der Waals surface area contributed by atoms with Crippen molar-refractivity contribution >= 4 is 57.2 Å². The van der Waals surface area contributed by atoms with Gasteiger partial charge in [-0.1, -0.05) is 18.2 Å². The lowest BCUT2D eigenvalue weighted by Gasteiger charge is -2.10. The second kappa shape index (κ2) is 6.99. The fourth-order valence-corrected chi connectivity index (χ4v) is 3.41. The van der Waals surface area contributed by atoms with Crippen LogP contribution in [0.1, 0.15) is 5.56 Å². The molecule has 2 aliphatic heterocycles. The van der Waals surface area contributed by atoms with Gasteiger partial charge in [0, 0.05) is 44.5 Å². The molecule has 2 aliphatic rings. The minimum Gasteiger partial charge on any atom is -0.422 e. The van der Waals surface area contributed by atoms with Gasteiger partial charge in [-0.05, 0) is 41.8 Å². The molecule has 0 saturated heterocycles. The van der Waals surface area contributed by atoms with E-state index in [1.54, 1.807) is 42.9 Å². The third-order valence-corrected chi connectivity index (χ3v) is 4.62. The Hall–Kier alpha value is -3.36. The van der Waals surface area contributed by atoms with Crippen LogP contribution in [0.3, 0.4) is 0 Å². The summed E-state index contributed by atoms with van der Waals surface area (Å²) in [6.45, 7) is 0. The van der Waals surface area contributed by atoms with E-state index in [2.05, 4.69) is 20.6 Å². The predicted octanol–water partition coefficient (Wildman–Crippen LogP) is 1.67. The molecule has 8 heteroatoms. The number of nitrogens with one attached hydrogen (secondary N) is 1. The number of amidine groups is 1. The molecule has 0 fully saturated rings. The largest absolute Gasteiger partial charge is 0.422 e. The van der Waals surface area contributed by atoms with Crippen molar-refractivity contribution in [1.29, 1.82) is 0 Å². The van der Waals surface area contributed by atoms with Gasteiger partial charge in [0.15, 0.2) is 5.76 Å². The van der Waals surface area contributed by atoms with Gasteiger partial charge in [-0.2, -0.15) is 9.98 Å². The number of hydrogen-bond acceptors (Lipinski definition) is 5. The zero-order valence-corrected chi connectivity index (χ0v) is 15.9. The van der Waals surface area contributed by atoms with Gasteiger partial charge < -0.3 is 9.46 Å². The smallest absolute Gasteiger partial charge is 0.322 e. The summed E-state index contributed by atoms with van der Waals surface area (Å²) in [7, 11) is -2.37. The van der Waals surface area contributed by atoms with E-state index in [0.29, 0.717) is 17.1 Å². The maximum atomic E-state index is 11.8. The number of aliphatic imine (C=N–C) groups is 2. The Balaban J connectivity index is 1.61. The Morgan fingerprint density at radius 3 is 2.96 bits per heavy atom. The fourth-order valence-electron chi connectivity index (χ4n) is 2.78. The van der Waals surface area contributed by atoms with Crippen LogP contribution in [0.4, 0.5) is 11.4 Å². The van der Waals surface area contributed by atoms with E-state index in [9.17, 15) is 9.42 Å². The fraction of sp³-hybridized carbons (Fsp3) is 0.0500. The Bertz CT molecular complexity index is 1260. The highest BCUT2D eigenvalue weighted by molar-refractivity contribution is 8.00. The molecule has 2 aromatic rings. The molecule has 0 bridgehead atoms. The number of ether oxygens (including phenoxy) is 1. The Morgan fingerprint density at radius 1 is 1.29 bits per heavy atom. The minimum absolute atomic E-state index is 0.223. The van der Waals surface area contributed by atoms with Gasteiger partial charge in [-0.15, -0.1) is 0 Å². The molecule has 0 aromatic heterocycles. The Morgan fingerprint density at radius 2 is 2.14 bits per heavy atom. The lowest BCUT2D eigenvalue weighted by molar-refractivity contribution is 0.0323. The normalized spacial score (nSPS) is 20.4. The van der Waals surface area contributed by atoms with E-state index in [4.69, 9.17) is 4.74 Å². The third-order valence-electron chi connectivity index (χ3n) is 3.95. The van der Waals surface area contributed by atoms with Crippen molar-refractivity contribution in [2.24, 2.45) is 9.98 Å². The zero-order valence-electron chi connectivity index (χ0n) is 15.1. The number of benzene rings is 2. The summed E-state index contributed by atoms with van der Waals surface area (Å²) in [4.78, 5) is 8.60. The van der Waals surface area contributed by atoms with Gasteiger partial charge in [0.05, 0.1) is 11.9 Å². The molecule has 1 atom stereocenters. The van der Waals surface area contributed by atoms with Gasteiger partial charge in [-0.25, -0.2) is 9.27 Å². The van der Waals surface area contributed by atoms with Crippen LogP contribution >= 0.6 is 0 Å². The van der Waals surface area contributed by atoms with E-state index < -0.39 is 9.71 Å². The quantitative estimate of drug-likeness (QED) is 0.776. The van der Waals surface area contributed by atoms with Crippen LogP contribution < -0.4 is 15.2 Å². The number of rotatable bonds is 3. The number of fused-ring (bicyclic) bond motifs is 1. The number of hydroxylamine groups is 2. The van der Waals surface area contributed by atoms with Gasteiger partial charge in [0.25, 0.3) is 0 Å². The topological polar surface area (TPSA) is 86.5 Å². The summed E-state index contributed by atoms with van der Waals surface area (Å²) >= 11 is 0. The SMILES string of the molecule is C=S(C)(=O)Nc1cccc(N=C2N=CC(=c3ccc4c(c3)C=CN(O)C=4)O2)c1. The van der Waals surface area contributed by atoms with Crippen molar-refractivity contribution in [3.63, 3.8) is 0 Å². The van der Waals surface area contributed by atoms with Crippen LogP contribution in [-0.2, 0) is 14.4 Å². The van der Waals surface area contributed by atoms with E-state index in [-0.39, 0.29) is 6.02 Å². The first-order chi connectivity index (χ1) is 13.4. The molecule has 0 radical (unpaired) electrons. The van der Waals surface area contributed by atoms with Gasteiger partial charge >= 0.3 is 6.02 Å². The van der Waals surface area contributed by atoms with Crippen molar-refractivity contribution in [1.82, 2.24) is 5.06 Å². The highest BCUT2D eigenvalue weighted by Crippen LogP contribution is 2.20. The predicted molar refractivity (Wildman–Crippen MR) is 114 cm³/mol. The molecule has 2 aromatic carbocycles. The molecule has 142 valence electrons. The van der Waals surface area contributed by atoms with Crippen molar-refractivity contribution < 1.29 is 14.2 Å². The second-order valence-corrected chi connectivity index (χ2v) is 8.66. The van der Waals surface area contributed by atoms with E-state index in [1.165, 1.54) is 6.26 Å². The monoisotopic (exact) mass is 394 g/mol. The van der Waals surface area contributed by atoms with Crippen LogP contribution in [-0.4, -0.2) is 38.8 Å². The lowest BCUT2D eigenvalue weighted by atomic mass is 10.1. The summed E-state index contributed by atoms with van der Waals surface area (Å²) in [6.07, 6.45) is 8.15. The maximum absolute atomic E-state index is 11.8. The molecular formula is C20H18N4O3S. The Labute approximate surface area is 162 Å². The molecule has 28 heavy (non-hydrogen) atoms. The summed E-state index contributed by atoms with van der Waals surface area (Å²) in [5.41, 5.74) is 2.24. The van der Waals surface area contributed by atoms with E-state index in [0.717, 1.165) is 21.1 Å². The maximum Gasteiger partial charge on any atom is 0.322 e. The highest BCUT2D eigenvalue weighted by Gasteiger charge is 2.12. The molecule has 4 rings (SSSR count). The standard InChI is InChI=1S/C20H18N4O3S/c1-28(2,26)23-18-5-3-4-17(11-18)22-20-21-12-19(27-20)15-6-7-16-13-24(25)9-8-14(16)10-15/h3-13,25H,1H2,2H3,(H,23,26). The number of nitrogens with zero attached hydrogens (tertiary/aromatic N) is 3. The van der Waals surface area contributed by atoms with Crippen molar-refractivity contribution in [2.45, 2.75) is 0 Å². The first kappa shape index (κ1) is 18.0. The molecule has 2 heterocycles. The molecular weight excluding hydrogens is 376 g/mol. The summed E-state index contributed by atoms with van der Waals surface area (Å²) in [5, 5.41) is 12.3. The summed E-state index contributed by atoms with van der Waals surface area (Å²) < 4.78 is 20.4. The van der Waals surface area contributed by atoms with Gasteiger partial charge in [0.2, 0.25) is 0 Å². The molecule has 0 amide bonds. The first-order valence-corrected chi connectivity index (χ1v) is 10.5. The van der Waals surface area contributed by atoms with Crippen molar-refractivity contribution in [3.8, 4) is 0 Å². The molecule has 0 spiro atoms. The number of anilines is 1. The highest BCUT2D eigenvalue weighted by atomic mass is 32.2. The van der Waals surface area contributed by atoms with E-state index in [1.807, 2.05) is 24.3 Å². The minimum atomic E-state index is -2.37. The zero-order chi connectivity index (χ0) is 19.7. The summed E-state index contributed by atoms with van der Waals surface area (Å²) in [6, 6.07) is 13.1. The third kappa shape index (κ3) is 4.13. The van der Waals surface area contributed by atoms with Crippen molar-refractivity contribution in [2.75, 3.05) is 11.0 Å². The van der Waals surface area contributed by atoms with Crippen LogP contribution in [0.15, 0.2) is 58.6 Å². The summed E-state index contributed by atoms with van der Waals surface area (Å²) in [5.74, 6) is 4.17.